The Bertz CT molecular complexity index is 505. The maximum atomic E-state index is 11.3. The van der Waals surface area contributed by atoms with E-state index in [1.165, 1.54) is 13.2 Å². The van der Waals surface area contributed by atoms with E-state index in [4.69, 9.17) is 4.74 Å². The molecule has 2 rings (SSSR count). The van der Waals surface area contributed by atoms with Gasteiger partial charge in [0.05, 0.1) is 18.8 Å². The molecule has 0 aliphatic carbocycles. The Morgan fingerprint density at radius 3 is 2.57 bits per heavy atom. The van der Waals surface area contributed by atoms with Gasteiger partial charge in [-0.1, -0.05) is 0 Å². The van der Waals surface area contributed by atoms with Gasteiger partial charge in [0.25, 0.3) is 0 Å². The maximum absolute atomic E-state index is 11.3. The first-order chi connectivity index (χ1) is 9.60. The summed E-state index contributed by atoms with van der Waals surface area (Å²) >= 11 is 0. The van der Waals surface area contributed by atoms with Crippen LogP contribution in [0, 0.1) is 0 Å². The largest absolute Gasteiger partial charge is 1.00 e. The van der Waals surface area contributed by atoms with E-state index in [9.17, 15) is 14.7 Å². The van der Waals surface area contributed by atoms with Crippen molar-refractivity contribution in [2.45, 2.75) is 18.9 Å². The van der Waals surface area contributed by atoms with Crippen molar-refractivity contribution in [2.75, 3.05) is 20.2 Å². The zero-order chi connectivity index (χ0) is 14.5. The van der Waals surface area contributed by atoms with Gasteiger partial charge in [-0.15, -0.1) is 0 Å². The Morgan fingerprint density at radius 2 is 2.00 bits per heavy atom. The fourth-order valence-corrected chi connectivity index (χ4v) is 1.97. The number of aromatic nitrogens is 2. The van der Waals surface area contributed by atoms with Crippen molar-refractivity contribution in [1.82, 2.24) is 14.9 Å². The topological polar surface area (TPSA) is 105 Å². The Morgan fingerprint density at radius 1 is 1.33 bits per heavy atom. The summed E-state index contributed by atoms with van der Waals surface area (Å²) in [5.41, 5.74) is -0.220. The van der Waals surface area contributed by atoms with Crippen LogP contribution in [0.4, 0.5) is 4.79 Å². The molecule has 0 N–H and O–H groups in total. The molecular formula is C12H14LiN3O5. The standard InChI is InChI=1S/C12H15N3O5.Li/c1-19-12(18)15-4-2-8(3-5-15)20-10-6-9(11(16)17)13-7-14-10;/h6-8H,2-5H2,1H3,(H,16,17);/q;+1/p-1. The third kappa shape index (κ3) is 4.62. The van der Waals surface area contributed by atoms with E-state index < -0.39 is 5.97 Å². The van der Waals surface area contributed by atoms with Gasteiger partial charge < -0.3 is 24.3 Å². The molecule has 1 aromatic rings. The van der Waals surface area contributed by atoms with Crippen LogP contribution in [0.1, 0.15) is 23.3 Å². The SMILES string of the molecule is COC(=O)N1CCC(Oc2cc(C(=O)[O-])ncn2)CC1.[Li+]. The number of methoxy groups -OCH3 is 1. The van der Waals surface area contributed by atoms with Crippen LogP contribution >= 0.6 is 0 Å². The minimum atomic E-state index is -1.38. The second-order valence-electron chi connectivity index (χ2n) is 4.30. The number of aromatic carboxylic acids is 1. The Balaban J connectivity index is 0.00000220. The van der Waals surface area contributed by atoms with Crippen LogP contribution in [0.3, 0.4) is 0 Å². The van der Waals surface area contributed by atoms with E-state index in [-0.39, 0.29) is 42.6 Å². The molecular weight excluding hydrogens is 273 g/mol. The van der Waals surface area contributed by atoms with Crippen LogP contribution < -0.4 is 28.7 Å². The number of hydrogen-bond donors (Lipinski definition) is 0. The average Bonchev–Trinajstić information content (AvgIpc) is 2.47. The molecule has 1 fully saturated rings. The summed E-state index contributed by atoms with van der Waals surface area (Å²) in [5.74, 6) is -1.19. The number of carboxylic acid groups (broad SMARTS) is 1. The van der Waals surface area contributed by atoms with Crippen LogP contribution in [0.25, 0.3) is 0 Å². The Labute approximate surface area is 133 Å². The van der Waals surface area contributed by atoms with Crippen LogP contribution in [0.5, 0.6) is 5.88 Å². The monoisotopic (exact) mass is 287 g/mol. The summed E-state index contributed by atoms with van der Waals surface area (Å²) in [5, 5.41) is 10.7. The van der Waals surface area contributed by atoms with Gasteiger partial charge in [-0.2, -0.15) is 0 Å². The van der Waals surface area contributed by atoms with Crippen molar-refractivity contribution in [3.8, 4) is 5.88 Å². The molecule has 0 spiro atoms. The number of carbonyl (C=O) groups is 2. The Kier molecular flexibility index (Phi) is 6.46. The van der Waals surface area contributed by atoms with Gasteiger partial charge in [0, 0.05) is 32.0 Å². The van der Waals surface area contributed by atoms with Gasteiger partial charge in [0.1, 0.15) is 12.4 Å². The maximum Gasteiger partial charge on any atom is 1.00 e. The number of piperidine rings is 1. The zero-order valence-electron chi connectivity index (χ0n) is 11.9. The summed E-state index contributed by atoms with van der Waals surface area (Å²) in [7, 11) is 1.34. The fourth-order valence-electron chi connectivity index (χ4n) is 1.97. The normalized spacial score (nSPS) is 15.0. The molecule has 0 radical (unpaired) electrons. The van der Waals surface area contributed by atoms with Crippen LogP contribution in [-0.2, 0) is 4.74 Å². The van der Waals surface area contributed by atoms with Crippen LogP contribution in [0.2, 0.25) is 0 Å². The van der Waals surface area contributed by atoms with Crippen molar-refractivity contribution in [3.63, 3.8) is 0 Å². The van der Waals surface area contributed by atoms with Crippen LogP contribution in [0.15, 0.2) is 12.4 Å². The van der Waals surface area contributed by atoms with Crippen molar-refractivity contribution >= 4 is 12.1 Å². The second kappa shape index (κ2) is 7.86. The molecule has 0 saturated carbocycles. The first-order valence-corrected chi connectivity index (χ1v) is 6.13. The predicted octanol–water partition coefficient (Wildman–Crippen LogP) is -3.55. The summed E-state index contributed by atoms with van der Waals surface area (Å²) in [4.78, 5) is 31.0. The molecule has 1 aliphatic rings. The van der Waals surface area contributed by atoms with E-state index in [0.29, 0.717) is 25.9 Å². The molecule has 108 valence electrons. The Hall–Kier alpha value is -1.78. The second-order valence-corrected chi connectivity index (χ2v) is 4.30. The molecule has 9 heteroatoms. The van der Waals surface area contributed by atoms with Gasteiger partial charge in [-0.25, -0.2) is 14.8 Å². The summed E-state index contributed by atoms with van der Waals surface area (Å²) in [6.45, 7) is 1.05. The average molecular weight is 287 g/mol. The number of likely N-dealkylation sites (tertiary alicyclic amines) is 1. The molecule has 21 heavy (non-hydrogen) atoms. The fraction of sp³-hybridized carbons (Fsp3) is 0.500. The zero-order valence-corrected chi connectivity index (χ0v) is 11.9. The number of ether oxygens (including phenoxy) is 2. The molecule has 1 aromatic heterocycles. The molecule has 8 nitrogen and oxygen atoms in total. The molecule has 2 heterocycles. The summed E-state index contributed by atoms with van der Waals surface area (Å²) in [6, 6.07) is 1.22. The van der Waals surface area contributed by atoms with Gasteiger partial charge >= 0.3 is 25.0 Å². The first-order valence-electron chi connectivity index (χ1n) is 6.13. The molecule has 1 aliphatic heterocycles. The summed E-state index contributed by atoms with van der Waals surface area (Å²) < 4.78 is 10.2. The van der Waals surface area contributed by atoms with E-state index in [2.05, 4.69) is 14.7 Å². The van der Waals surface area contributed by atoms with Crippen molar-refractivity contribution in [2.24, 2.45) is 0 Å². The molecule has 0 aromatic carbocycles. The molecule has 0 atom stereocenters. The van der Waals surface area contributed by atoms with E-state index in [0.717, 1.165) is 6.33 Å². The minimum Gasteiger partial charge on any atom is -0.543 e. The van der Waals surface area contributed by atoms with Gasteiger partial charge in [0.2, 0.25) is 5.88 Å². The number of carboxylic acids is 1. The van der Waals surface area contributed by atoms with Crippen molar-refractivity contribution < 1.29 is 43.0 Å². The summed E-state index contributed by atoms with van der Waals surface area (Å²) in [6.07, 6.45) is 1.88. The number of rotatable bonds is 3. The quantitative estimate of drug-likeness (QED) is 0.530. The third-order valence-electron chi connectivity index (χ3n) is 3.01. The molecule has 0 unspecified atom stereocenters. The predicted molar refractivity (Wildman–Crippen MR) is 64.0 cm³/mol. The minimum absolute atomic E-state index is 0. The van der Waals surface area contributed by atoms with E-state index in [1.54, 1.807) is 4.90 Å². The van der Waals surface area contributed by atoms with Crippen molar-refractivity contribution in [1.29, 1.82) is 0 Å². The van der Waals surface area contributed by atoms with Gasteiger partial charge in [-0.05, 0) is 0 Å². The first kappa shape index (κ1) is 17.3. The van der Waals surface area contributed by atoms with Crippen LogP contribution in [-0.4, -0.2) is 53.2 Å². The smallest absolute Gasteiger partial charge is 0.543 e. The molecule has 1 amide bonds. The molecule has 0 bridgehead atoms. The number of hydrogen-bond acceptors (Lipinski definition) is 7. The van der Waals surface area contributed by atoms with Crippen molar-refractivity contribution in [3.05, 3.63) is 18.1 Å². The van der Waals surface area contributed by atoms with E-state index in [1.807, 2.05) is 0 Å². The number of nitrogens with zero attached hydrogens (tertiary/aromatic N) is 3. The number of amides is 1. The van der Waals surface area contributed by atoms with Gasteiger partial charge in [0.15, 0.2) is 0 Å². The molecule has 1 saturated heterocycles. The van der Waals surface area contributed by atoms with Gasteiger partial charge in [-0.3, -0.25) is 0 Å². The third-order valence-corrected chi connectivity index (χ3v) is 3.01. The number of carbonyl (C=O) groups excluding carboxylic acids is 2. The van der Waals surface area contributed by atoms with E-state index >= 15 is 0 Å².